The molecule has 3 heteroatoms. The number of rotatable bonds is 5. The number of aromatic nitrogens is 2. The number of pyridine rings is 2. The topological polar surface area (TPSA) is 45.8 Å². The molecule has 0 spiro atoms. The molecule has 0 unspecified atom stereocenters. The highest BCUT2D eigenvalue weighted by Crippen LogP contribution is 2.13. The summed E-state index contributed by atoms with van der Waals surface area (Å²) in [7, 11) is 0. The molecule has 0 atom stereocenters. The smallest absolute Gasteiger partial charge is 0.194 e. The first-order valence-electron chi connectivity index (χ1n) is 7.12. The van der Waals surface area contributed by atoms with E-state index in [1.807, 2.05) is 26.0 Å². The summed E-state index contributed by atoms with van der Waals surface area (Å²) in [5, 5.41) is 0.710. The fourth-order valence-electron chi connectivity index (χ4n) is 2.45. The summed E-state index contributed by atoms with van der Waals surface area (Å²) in [6.45, 7) is 6.11. The van der Waals surface area contributed by atoms with E-state index in [1.165, 1.54) is 19.3 Å². The van der Waals surface area contributed by atoms with Crippen LogP contribution in [0.4, 0.5) is 0 Å². The largest absolute Gasteiger partial charge is 0.343 e. The first-order chi connectivity index (χ1) is 9.13. The summed E-state index contributed by atoms with van der Waals surface area (Å²) in [4.78, 5) is 20.1. The monoisotopic (exact) mass is 258 g/mol. The van der Waals surface area contributed by atoms with E-state index in [2.05, 4.69) is 16.9 Å². The molecule has 1 N–H and O–H groups in total. The number of hydrogen-bond acceptors (Lipinski definition) is 2. The predicted molar refractivity (Wildman–Crippen MR) is 79.7 cm³/mol. The van der Waals surface area contributed by atoms with E-state index in [4.69, 9.17) is 0 Å². The number of fused-ring (bicyclic) bond motifs is 1. The molecule has 2 heterocycles. The fraction of sp³-hybridized carbons (Fsp3) is 0.500. The van der Waals surface area contributed by atoms with Gasteiger partial charge in [0, 0.05) is 17.0 Å². The van der Waals surface area contributed by atoms with Gasteiger partial charge in [0.15, 0.2) is 5.43 Å². The Bertz CT molecular complexity index is 628. The zero-order valence-corrected chi connectivity index (χ0v) is 12.0. The number of H-pyrrole nitrogens is 1. The van der Waals surface area contributed by atoms with Gasteiger partial charge in [0.2, 0.25) is 0 Å². The van der Waals surface area contributed by atoms with E-state index in [-0.39, 0.29) is 5.43 Å². The zero-order valence-electron chi connectivity index (χ0n) is 12.0. The molecule has 0 aliphatic heterocycles. The number of nitrogens with one attached hydrogen (secondary N) is 1. The van der Waals surface area contributed by atoms with Crippen molar-refractivity contribution in [3.8, 4) is 0 Å². The molecule has 0 bridgehead atoms. The van der Waals surface area contributed by atoms with E-state index in [1.54, 1.807) is 0 Å². The highest BCUT2D eigenvalue weighted by molar-refractivity contribution is 5.75. The van der Waals surface area contributed by atoms with Crippen molar-refractivity contribution in [3.63, 3.8) is 0 Å². The van der Waals surface area contributed by atoms with Gasteiger partial charge in [0.05, 0.1) is 5.39 Å². The van der Waals surface area contributed by atoms with Crippen LogP contribution in [0.5, 0.6) is 0 Å². The number of aromatic amines is 1. The van der Waals surface area contributed by atoms with Crippen LogP contribution >= 0.6 is 0 Å². The lowest BCUT2D eigenvalue weighted by atomic mass is 10.0. The van der Waals surface area contributed by atoms with Crippen molar-refractivity contribution in [2.24, 2.45) is 0 Å². The minimum absolute atomic E-state index is 0.148. The molecule has 0 saturated heterocycles. The van der Waals surface area contributed by atoms with Gasteiger partial charge in [0.25, 0.3) is 0 Å². The highest BCUT2D eigenvalue weighted by Gasteiger charge is 2.09. The van der Waals surface area contributed by atoms with Crippen molar-refractivity contribution in [2.45, 2.75) is 52.9 Å². The molecule has 0 aliphatic carbocycles. The Morgan fingerprint density at radius 3 is 2.68 bits per heavy atom. The minimum atomic E-state index is 0.148. The third-order valence-electron chi connectivity index (χ3n) is 3.59. The third kappa shape index (κ3) is 3.03. The van der Waals surface area contributed by atoms with Crippen LogP contribution in [0.3, 0.4) is 0 Å². The van der Waals surface area contributed by atoms with Crippen molar-refractivity contribution >= 4 is 11.0 Å². The summed E-state index contributed by atoms with van der Waals surface area (Å²) in [6.07, 6.45) is 5.61. The molecule has 3 nitrogen and oxygen atoms in total. The first-order valence-corrected chi connectivity index (χ1v) is 7.12. The van der Waals surface area contributed by atoms with Crippen LogP contribution in [0.2, 0.25) is 0 Å². The Hall–Kier alpha value is -1.64. The third-order valence-corrected chi connectivity index (χ3v) is 3.59. The second-order valence-corrected chi connectivity index (χ2v) is 5.22. The summed E-state index contributed by atoms with van der Waals surface area (Å²) in [6, 6.07) is 3.78. The van der Waals surface area contributed by atoms with Gasteiger partial charge in [-0.25, -0.2) is 4.98 Å². The Kier molecular flexibility index (Phi) is 4.35. The van der Waals surface area contributed by atoms with Gasteiger partial charge < -0.3 is 4.98 Å². The molecule has 0 aromatic carbocycles. The van der Waals surface area contributed by atoms with Crippen LogP contribution < -0.4 is 5.43 Å². The molecule has 2 aromatic rings. The molecule has 2 rings (SSSR count). The summed E-state index contributed by atoms with van der Waals surface area (Å²) < 4.78 is 0. The second-order valence-electron chi connectivity index (χ2n) is 5.22. The van der Waals surface area contributed by atoms with E-state index in [0.717, 1.165) is 29.8 Å². The van der Waals surface area contributed by atoms with Gasteiger partial charge in [-0.1, -0.05) is 26.2 Å². The lowest BCUT2D eigenvalue weighted by Gasteiger charge is -2.08. The SMILES string of the molecule is CCCCCCc1c(C)[nH]c2nc(C)ccc2c1=O. The van der Waals surface area contributed by atoms with Gasteiger partial charge in [-0.3, -0.25) is 4.79 Å². The van der Waals surface area contributed by atoms with E-state index >= 15 is 0 Å². The van der Waals surface area contributed by atoms with Crippen molar-refractivity contribution in [1.82, 2.24) is 9.97 Å². The molecular weight excluding hydrogens is 236 g/mol. The number of aryl methyl sites for hydroxylation is 2. The maximum atomic E-state index is 12.5. The number of nitrogens with zero attached hydrogens (tertiary/aromatic N) is 1. The predicted octanol–water partition coefficient (Wildman–Crippen LogP) is 3.66. The Morgan fingerprint density at radius 1 is 1.16 bits per heavy atom. The fourth-order valence-corrected chi connectivity index (χ4v) is 2.45. The van der Waals surface area contributed by atoms with Crippen molar-refractivity contribution < 1.29 is 0 Å². The molecular formula is C16H22N2O. The molecule has 0 amide bonds. The van der Waals surface area contributed by atoms with Gasteiger partial charge in [-0.2, -0.15) is 0 Å². The molecule has 0 aliphatic rings. The Labute approximate surface area is 114 Å². The molecule has 19 heavy (non-hydrogen) atoms. The molecule has 0 fully saturated rings. The van der Waals surface area contributed by atoms with Crippen LogP contribution in [-0.2, 0) is 6.42 Å². The Balaban J connectivity index is 2.34. The maximum absolute atomic E-state index is 12.5. The first kappa shape index (κ1) is 13.8. The minimum Gasteiger partial charge on any atom is -0.343 e. The lowest BCUT2D eigenvalue weighted by molar-refractivity contribution is 0.663. The van der Waals surface area contributed by atoms with Gasteiger partial charge >= 0.3 is 0 Å². The van der Waals surface area contributed by atoms with Crippen molar-refractivity contribution in [3.05, 3.63) is 39.3 Å². The van der Waals surface area contributed by atoms with Crippen LogP contribution in [0.25, 0.3) is 11.0 Å². The second kappa shape index (κ2) is 6.00. The van der Waals surface area contributed by atoms with E-state index in [0.29, 0.717) is 11.0 Å². The van der Waals surface area contributed by atoms with Crippen LogP contribution in [0, 0.1) is 13.8 Å². The van der Waals surface area contributed by atoms with Crippen LogP contribution in [-0.4, -0.2) is 9.97 Å². The maximum Gasteiger partial charge on any atom is 0.194 e. The van der Waals surface area contributed by atoms with E-state index in [9.17, 15) is 4.79 Å². The average molecular weight is 258 g/mol. The zero-order chi connectivity index (χ0) is 13.8. The highest BCUT2D eigenvalue weighted by atomic mass is 16.1. The average Bonchev–Trinajstić information content (AvgIpc) is 2.37. The summed E-state index contributed by atoms with van der Waals surface area (Å²) in [5.74, 6) is 0. The normalized spacial score (nSPS) is 11.1. The Morgan fingerprint density at radius 2 is 1.95 bits per heavy atom. The molecule has 0 radical (unpaired) electrons. The van der Waals surface area contributed by atoms with Crippen molar-refractivity contribution in [1.29, 1.82) is 0 Å². The van der Waals surface area contributed by atoms with Gasteiger partial charge in [-0.05, 0) is 38.8 Å². The van der Waals surface area contributed by atoms with Gasteiger partial charge in [0.1, 0.15) is 5.65 Å². The van der Waals surface area contributed by atoms with Gasteiger partial charge in [-0.15, -0.1) is 0 Å². The lowest BCUT2D eigenvalue weighted by Crippen LogP contribution is -2.14. The number of unbranched alkanes of at least 4 members (excludes halogenated alkanes) is 3. The van der Waals surface area contributed by atoms with Crippen LogP contribution in [0.1, 0.15) is 49.6 Å². The molecule has 102 valence electrons. The summed E-state index contributed by atoms with van der Waals surface area (Å²) in [5.41, 5.74) is 3.68. The van der Waals surface area contributed by atoms with Crippen LogP contribution in [0.15, 0.2) is 16.9 Å². The standard InChI is InChI=1S/C16H22N2O/c1-4-5-6-7-8-13-12(3)18-16-14(15(13)19)10-9-11(2)17-16/h9-10H,4-8H2,1-3H3,(H,17,18,19). The number of hydrogen-bond donors (Lipinski definition) is 1. The van der Waals surface area contributed by atoms with E-state index < -0.39 is 0 Å². The van der Waals surface area contributed by atoms with Crippen molar-refractivity contribution in [2.75, 3.05) is 0 Å². The molecule has 2 aromatic heterocycles. The summed E-state index contributed by atoms with van der Waals surface area (Å²) >= 11 is 0. The molecule has 0 saturated carbocycles. The quantitative estimate of drug-likeness (QED) is 0.832.